The number of hydrogen-bond acceptors (Lipinski definition) is 3. The van der Waals surface area contributed by atoms with Gasteiger partial charge in [-0.2, -0.15) is 0 Å². The molecule has 0 radical (unpaired) electrons. The molecular weight excluding hydrogens is 334 g/mol. The zero-order valence-electron chi connectivity index (χ0n) is 14.1. The number of rotatable bonds is 4. The number of nitrogens with zero attached hydrogens (tertiary/aromatic N) is 3. The molecule has 1 atom stereocenters. The smallest absolute Gasteiger partial charge is 0.124 e. The Bertz CT molecular complexity index is 862. The Morgan fingerprint density at radius 2 is 1.96 bits per heavy atom. The third kappa shape index (κ3) is 3.71. The van der Waals surface area contributed by atoms with Gasteiger partial charge in [-0.05, 0) is 43.1 Å². The van der Waals surface area contributed by atoms with Crippen molar-refractivity contribution in [3.63, 3.8) is 0 Å². The fourth-order valence-corrected chi connectivity index (χ4v) is 3.76. The van der Waals surface area contributed by atoms with Gasteiger partial charge < -0.3 is 9.67 Å². The Morgan fingerprint density at radius 1 is 1.12 bits per heavy atom. The van der Waals surface area contributed by atoms with Gasteiger partial charge in [-0.25, -0.2) is 4.98 Å². The average molecular weight is 356 g/mol. The van der Waals surface area contributed by atoms with Gasteiger partial charge in [0.2, 0.25) is 0 Å². The van der Waals surface area contributed by atoms with E-state index in [4.69, 9.17) is 16.6 Å². The fraction of sp³-hybridized carbons (Fsp3) is 0.350. The highest BCUT2D eigenvalue weighted by atomic mass is 35.5. The molecule has 0 saturated carbocycles. The molecule has 0 spiro atoms. The van der Waals surface area contributed by atoms with Crippen molar-refractivity contribution in [2.45, 2.75) is 32.0 Å². The van der Waals surface area contributed by atoms with E-state index in [-0.39, 0.29) is 6.10 Å². The minimum Gasteiger partial charge on any atom is -0.392 e. The molecule has 2 heterocycles. The number of hydrogen-bond donors (Lipinski definition) is 1. The maximum atomic E-state index is 9.95. The molecule has 4 nitrogen and oxygen atoms in total. The maximum Gasteiger partial charge on any atom is 0.124 e. The van der Waals surface area contributed by atoms with Gasteiger partial charge in [-0.1, -0.05) is 41.9 Å². The number of β-amino-alcohol motifs (C(OH)–C–C–N with tert-alkyl or cyclic N) is 1. The predicted octanol–water partition coefficient (Wildman–Crippen LogP) is 3.69. The third-order valence-corrected chi connectivity index (χ3v) is 5.05. The van der Waals surface area contributed by atoms with E-state index in [2.05, 4.69) is 33.7 Å². The van der Waals surface area contributed by atoms with Crippen molar-refractivity contribution in [2.24, 2.45) is 0 Å². The predicted molar refractivity (Wildman–Crippen MR) is 101 cm³/mol. The van der Waals surface area contributed by atoms with Crippen LogP contribution in [0.25, 0.3) is 11.0 Å². The summed E-state index contributed by atoms with van der Waals surface area (Å²) in [4.78, 5) is 7.13. The molecule has 1 saturated heterocycles. The van der Waals surface area contributed by atoms with Crippen LogP contribution in [0.2, 0.25) is 5.02 Å². The Labute approximate surface area is 152 Å². The highest BCUT2D eigenvalue weighted by molar-refractivity contribution is 6.31. The second-order valence-corrected chi connectivity index (χ2v) is 7.20. The van der Waals surface area contributed by atoms with Crippen molar-refractivity contribution in [3.8, 4) is 0 Å². The minimum absolute atomic E-state index is 0.227. The summed E-state index contributed by atoms with van der Waals surface area (Å²) in [6, 6.07) is 16.3. The van der Waals surface area contributed by atoms with Gasteiger partial charge >= 0.3 is 0 Å². The number of likely N-dealkylation sites (tertiary alicyclic amines) is 1. The third-order valence-electron chi connectivity index (χ3n) is 4.82. The molecule has 3 aromatic rings. The van der Waals surface area contributed by atoms with Crippen LogP contribution < -0.4 is 0 Å². The van der Waals surface area contributed by atoms with Crippen LogP contribution in [0.15, 0.2) is 48.5 Å². The lowest BCUT2D eigenvalue weighted by atomic mass is 10.1. The highest BCUT2D eigenvalue weighted by Gasteiger charge is 2.20. The van der Waals surface area contributed by atoms with Crippen molar-refractivity contribution in [3.05, 3.63) is 64.9 Å². The van der Waals surface area contributed by atoms with Crippen molar-refractivity contribution >= 4 is 22.6 Å². The topological polar surface area (TPSA) is 41.3 Å². The molecule has 1 aromatic heterocycles. The monoisotopic (exact) mass is 355 g/mol. The lowest BCUT2D eigenvalue weighted by Crippen LogP contribution is -2.38. The second-order valence-electron chi connectivity index (χ2n) is 6.76. The number of piperidine rings is 1. The molecule has 25 heavy (non-hydrogen) atoms. The summed E-state index contributed by atoms with van der Waals surface area (Å²) < 4.78 is 2.27. The van der Waals surface area contributed by atoms with E-state index < -0.39 is 0 Å². The van der Waals surface area contributed by atoms with Gasteiger partial charge in [0.15, 0.2) is 0 Å². The molecule has 130 valence electrons. The van der Waals surface area contributed by atoms with Crippen molar-refractivity contribution in [2.75, 3.05) is 13.1 Å². The number of aliphatic hydroxyl groups is 1. The zero-order chi connectivity index (χ0) is 17.2. The Hall–Kier alpha value is -1.88. The summed E-state index contributed by atoms with van der Waals surface area (Å²) in [6.07, 6.45) is 1.70. The van der Waals surface area contributed by atoms with E-state index in [0.717, 1.165) is 55.9 Å². The largest absolute Gasteiger partial charge is 0.392 e. The van der Waals surface area contributed by atoms with Gasteiger partial charge in [0.25, 0.3) is 0 Å². The van der Waals surface area contributed by atoms with Crippen LogP contribution in [0.1, 0.15) is 24.2 Å². The molecular formula is C20H22ClN3O. The van der Waals surface area contributed by atoms with Crippen molar-refractivity contribution < 1.29 is 5.11 Å². The summed E-state index contributed by atoms with van der Waals surface area (Å²) in [5.41, 5.74) is 3.27. The zero-order valence-corrected chi connectivity index (χ0v) is 14.9. The van der Waals surface area contributed by atoms with Crippen molar-refractivity contribution in [1.82, 2.24) is 14.5 Å². The molecule has 5 heteroatoms. The Kier molecular flexibility index (Phi) is 4.75. The fourth-order valence-electron chi connectivity index (χ4n) is 3.59. The molecule has 1 aliphatic rings. The van der Waals surface area contributed by atoms with Gasteiger partial charge in [0, 0.05) is 18.1 Å². The number of halogens is 1. The van der Waals surface area contributed by atoms with E-state index in [1.165, 1.54) is 5.56 Å². The van der Waals surface area contributed by atoms with E-state index in [0.29, 0.717) is 5.02 Å². The van der Waals surface area contributed by atoms with Gasteiger partial charge in [0.1, 0.15) is 5.82 Å². The molecule has 0 bridgehead atoms. The quantitative estimate of drug-likeness (QED) is 0.776. The van der Waals surface area contributed by atoms with Gasteiger partial charge in [-0.15, -0.1) is 0 Å². The SMILES string of the molecule is O[C@H]1CCCN(Cc2nc3cc(Cl)ccc3n2Cc2ccccc2)C1. The molecule has 0 aliphatic carbocycles. The van der Waals surface area contributed by atoms with Crippen LogP contribution in [0.4, 0.5) is 0 Å². The molecule has 1 fully saturated rings. The lowest BCUT2D eigenvalue weighted by Gasteiger charge is -2.29. The molecule has 1 aliphatic heterocycles. The van der Waals surface area contributed by atoms with Crippen LogP contribution in [0.3, 0.4) is 0 Å². The van der Waals surface area contributed by atoms with Crippen LogP contribution in [0, 0.1) is 0 Å². The van der Waals surface area contributed by atoms with E-state index in [1.807, 2.05) is 24.3 Å². The normalized spacial score (nSPS) is 18.7. The summed E-state index contributed by atoms with van der Waals surface area (Å²) in [6.45, 7) is 3.25. The molecule has 0 unspecified atom stereocenters. The average Bonchev–Trinajstić information content (AvgIpc) is 2.92. The van der Waals surface area contributed by atoms with Crippen LogP contribution in [-0.4, -0.2) is 38.8 Å². The lowest BCUT2D eigenvalue weighted by molar-refractivity contribution is 0.0651. The number of fused-ring (bicyclic) bond motifs is 1. The van der Waals surface area contributed by atoms with E-state index in [9.17, 15) is 5.11 Å². The minimum atomic E-state index is -0.227. The first-order valence-electron chi connectivity index (χ1n) is 8.78. The molecule has 1 N–H and O–H groups in total. The van der Waals surface area contributed by atoms with Crippen LogP contribution >= 0.6 is 11.6 Å². The van der Waals surface area contributed by atoms with Crippen LogP contribution in [-0.2, 0) is 13.1 Å². The molecule has 4 rings (SSSR count). The summed E-state index contributed by atoms with van der Waals surface area (Å²) in [5.74, 6) is 1.02. The standard InChI is InChI=1S/C20H22ClN3O/c21-16-8-9-19-18(11-16)22-20(14-23-10-4-7-17(25)13-23)24(19)12-15-5-2-1-3-6-15/h1-3,5-6,8-9,11,17,25H,4,7,10,12-14H2/t17-/m0/s1. The molecule has 0 amide bonds. The second kappa shape index (κ2) is 7.16. The number of aromatic nitrogens is 2. The van der Waals surface area contributed by atoms with Gasteiger partial charge in [-0.3, -0.25) is 4.90 Å². The number of benzene rings is 2. The summed E-state index contributed by atoms with van der Waals surface area (Å²) in [7, 11) is 0. The van der Waals surface area contributed by atoms with E-state index >= 15 is 0 Å². The Balaban J connectivity index is 1.70. The highest BCUT2D eigenvalue weighted by Crippen LogP contribution is 2.23. The van der Waals surface area contributed by atoms with Crippen LogP contribution in [0.5, 0.6) is 0 Å². The number of aliphatic hydroxyl groups excluding tert-OH is 1. The number of imidazole rings is 1. The first kappa shape index (κ1) is 16.6. The van der Waals surface area contributed by atoms with Gasteiger partial charge in [0.05, 0.1) is 23.7 Å². The first-order valence-corrected chi connectivity index (χ1v) is 9.16. The maximum absolute atomic E-state index is 9.95. The van der Waals surface area contributed by atoms with Crippen molar-refractivity contribution in [1.29, 1.82) is 0 Å². The Morgan fingerprint density at radius 3 is 2.76 bits per heavy atom. The summed E-state index contributed by atoms with van der Waals surface area (Å²) in [5, 5.41) is 10.7. The summed E-state index contributed by atoms with van der Waals surface area (Å²) >= 11 is 6.16. The molecule has 2 aromatic carbocycles. The first-order chi connectivity index (χ1) is 12.2. The van der Waals surface area contributed by atoms with E-state index in [1.54, 1.807) is 0 Å².